The van der Waals surface area contributed by atoms with Crippen molar-refractivity contribution in [3.8, 4) is 17.3 Å². The van der Waals surface area contributed by atoms with Crippen LogP contribution in [-0.4, -0.2) is 52.2 Å². The summed E-state index contributed by atoms with van der Waals surface area (Å²) in [5, 5.41) is 10.7. The van der Waals surface area contributed by atoms with Crippen molar-refractivity contribution in [1.82, 2.24) is 25.4 Å². The Morgan fingerprint density at radius 2 is 1.86 bits per heavy atom. The minimum atomic E-state index is -3.55. The molecule has 0 spiro atoms. The molecule has 2 N–H and O–H groups in total. The van der Waals surface area contributed by atoms with Crippen LogP contribution in [0.3, 0.4) is 0 Å². The lowest BCUT2D eigenvalue weighted by molar-refractivity contribution is -0.144. The molecule has 9 nitrogen and oxygen atoms in total. The second kappa shape index (κ2) is 14.3. The van der Waals surface area contributed by atoms with E-state index in [1.807, 2.05) is 18.2 Å². The summed E-state index contributed by atoms with van der Waals surface area (Å²) in [6, 6.07) is 15.1. The van der Waals surface area contributed by atoms with Crippen molar-refractivity contribution in [1.29, 1.82) is 0 Å². The second-order valence-corrected chi connectivity index (χ2v) is 10.9. The lowest BCUT2D eigenvalue weighted by Crippen LogP contribution is -2.46. The van der Waals surface area contributed by atoms with Crippen LogP contribution in [0.15, 0.2) is 67.0 Å². The standard InChI is InChI=1S/C33H39F2N5O4/c1-6-9-22(7-2)18-37-31(41)23-10-8-11-26(16-23)40-28-14-13-27(17-25(28)20-38-40)44-30(21(3)39-32(42)33(4,34)35)24-12-15-29(43-5)36-19-24/h8,10-17,19-22,30H,6-7,9,18H2,1-5H3,(H,37,41)(H,39,42)/t21?,22-,30-/m0/s1. The van der Waals surface area contributed by atoms with Gasteiger partial charge in [-0.1, -0.05) is 32.8 Å². The number of benzene rings is 2. The molecule has 1 unspecified atom stereocenters. The normalized spacial score (nSPS) is 13.6. The predicted molar refractivity (Wildman–Crippen MR) is 164 cm³/mol. The quantitative estimate of drug-likeness (QED) is 0.175. The lowest BCUT2D eigenvalue weighted by Gasteiger charge is -2.27. The van der Waals surface area contributed by atoms with Gasteiger partial charge in [-0.05, 0) is 61.7 Å². The number of nitrogens with zero attached hydrogens (tertiary/aromatic N) is 3. The molecule has 0 aliphatic heterocycles. The highest BCUT2D eigenvalue weighted by atomic mass is 19.3. The zero-order valence-corrected chi connectivity index (χ0v) is 25.6. The molecular formula is C33H39F2N5O4. The third-order valence-electron chi connectivity index (χ3n) is 7.49. The largest absolute Gasteiger partial charge is 0.484 e. The first-order valence-corrected chi connectivity index (χ1v) is 14.8. The third kappa shape index (κ3) is 7.89. The number of fused-ring (bicyclic) bond motifs is 1. The molecule has 0 radical (unpaired) electrons. The smallest absolute Gasteiger partial charge is 0.321 e. The van der Waals surface area contributed by atoms with E-state index in [-0.39, 0.29) is 5.91 Å². The van der Waals surface area contributed by atoms with Crippen LogP contribution in [0.1, 0.15) is 69.0 Å². The molecule has 4 aromatic rings. The highest BCUT2D eigenvalue weighted by Gasteiger charge is 2.35. The molecule has 2 aromatic carbocycles. The van der Waals surface area contributed by atoms with Gasteiger partial charge in [-0.15, -0.1) is 0 Å². The van der Waals surface area contributed by atoms with E-state index >= 15 is 0 Å². The number of hydrogen-bond acceptors (Lipinski definition) is 6. The van der Waals surface area contributed by atoms with E-state index in [0.717, 1.165) is 35.9 Å². The summed E-state index contributed by atoms with van der Waals surface area (Å²) < 4.78 is 40.4. The Kier molecular flexibility index (Phi) is 10.5. The van der Waals surface area contributed by atoms with Crippen LogP contribution in [0.4, 0.5) is 8.78 Å². The highest BCUT2D eigenvalue weighted by molar-refractivity contribution is 5.95. The Bertz CT molecular complexity index is 1570. The number of pyridine rings is 1. The number of hydrogen-bond donors (Lipinski definition) is 2. The topological polar surface area (TPSA) is 107 Å². The average Bonchev–Trinajstić information content (AvgIpc) is 3.44. The molecule has 0 aliphatic carbocycles. The SMILES string of the molecule is CCC[C@H](CC)CNC(=O)c1cccc(-n2ncc3cc(O[C@H](c4ccc(OC)nc4)C(C)NC(=O)C(C)(F)F)ccc32)c1. The van der Waals surface area contributed by atoms with E-state index in [4.69, 9.17) is 9.47 Å². The second-order valence-electron chi connectivity index (χ2n) is 10.9. The average molecular weight is 608 g/mol. The van der Waals surface area contributed by atoms with Crippen LogP contribution in [-0.2, 0) is 4.79 Å². The maximum absolute atomic E-state index is 13.7. The van der Waals surface area contributed by atoms with Gasteiger partial charge in [0.2, 0.25) is 5.88 Å². The molecule has 0 saturated carbocycles. The number of halogens is 2. The van der Waals surface area contributed by atoms with Gasteiger partial charge in [0.15, 0.2) is 0 Å². The van der Waals surface area contributed by atoms with E-state index in [9.17, 15) is 18.4 Å². The van der Waals surface area contributed by atoms with E-state index in [1.54, 1.807) is 54.2 Å². The summed E-state index contributed by atoms with van der Waals surface area (Å²) in [5.74, 6) is -3.82. The van der Waals surface area contributed by atoms with E-state index < -0.39 is 24.0 Å². The number of nitrogens with one attached hydrogen (secondary N) is 2. The van der Waals surface area contributed by atoms with Crippen molar-refractivity contribution in [2.75, 3.05) is 13.7 Å². The van der Waals surface area contributed by atoms with Crippen LogP contribution < -0.4 is 20.1 Å². The third-order valence-corrected chi connectivity index (χ3v) is 7.49. The van der Waals surface area contributed by atoms with Gasteiger partial charge in [-0.2, -0.15) is 13.9 Å². The summed E-state index contributed by atoms with van der Waals surface area (Å²) in [5.41, 5.74) is 2.60. The van der Waals surface area contributed by atoms with Gasteiger partial charge in [-0.3, -0.25) is 9.59 Å². The number of ether oxygens (including phenoxy) is 2. The molecule has 0 saturated heterocycles. The lowest BCUT2D eigenvalue weighted by atomic mass is 10.0. The fourth-order valence-corrected chi connectivity index (χ4v) is 4.96. The van der Waals surface area contributed by atoms with E-state index in [0.29, 0.717) is 42.1 Å². The molecule has 0 fully saturated rings. The Balaban J connectivity index is 1.56. The van der Waals surface area contributed by atoms with Crippen LogP contribution in [0.2, 0.25) is 0 Å². The minimum Gasteiger partial charge on any atom is -0.484 e. The summed E-state index contributed by atoms with van der Waals surface area (Å²) in [4.78, 5) is 29.2. The molecule has 234 valence electrons. The number of rotatable bonds is 14. The first-order valence-electron chi connectivity index (χ1n) is 14.8. The number of methoxy groups -OCH3 is 1. The summed E-state index contributed by atoms with van der Waals surface area (Å²) in [7, 11) is 1.48. The summed E-state index contributed by atoms with van der Waals surface area (Å²) in [6.07, 6.45) is 5.52. The number of aromatic nitrogens is 3. The van der Waals surface area contributed by atoms with Gasteiger partial charge in [0, 0.05) is 42.2 Å². The van der Waals surface area contributed by atoms with Gasteiger partial charge in [-0.25, -0.2) is 9.67 Å². The van der Waals surface area contributed by atoms with E-state index in [1.165, 1.54) is 13.3 Å². The summed E-state index contributed by atoms with van der Waals surface area (Å²) in [6.45, 7) is 7.05. The first-order chi connectivity index (χ1) is 21.0. The monoisotopic (exact) mass is 607 g/mol. The van der Waals surface area contributed by atoms with Crippen molar-refractivity contribution in [3.05, 3.63) is 78.1 Å². The first kappa shape index (κ1) is 32.4. The summed E-state index contributed by atoms with van der Waals surface area (Å²) >= 11 is 0. The molecule has 11 heteroatoms. The Morgan fingerprint density at radius 3 is 2.52 bits per heavy atom. The van der Waals surface area contributed by atoms with Crippen molar-refractivity contribution < 1.29 is 27.8 Å². The van der Waals surface area contributed by atoms with Crippen molar-refractivity contribution in [2.45, 2.75) is 65.0 Å². The van der Waals surface area contributed by atoms with Crippen LogP contribution in [0, 0.1) is 5.92 Å². The molecule has 44 heavy (non-hydrogen) atoms. The number of amides is 2. The Morgan fingerprint density at radius 1 is 1.07 bits per heavy atom. The van der Waals surface area contributed by atoms with Gasteiger partial charge in [0.05, 0.1) is 30.6 Å². The zero-order chi connectivity index (χ0) is 31.9. The molecule has 3 atom stereocenters. The molecule has 4 rings (SSSR count). The maximum Gasteiger partial charge on any atom is 0.321 e. The Hall–Kier alpha value is -4.54. The highest BCUT2D eigenvalue weighted by Crippen LogP contribution is 2.30. The molecular weight excluding hydrogens is 568 g/mol. The molecule has 0 aliphatic rings. The van der Waals surface area contributed by atoms with Crippen molar-refractivity contribution in [2.24, 2.45) is 5.92 Å². The number of carbonyl (C=O) groups is 2. The zero-order valence-electron chi connectivity index (χ0n) is 25.6. The maximum atomic E-state index is 13.7. The van der Waals surface area contributed by atoms with Gasteiger partial charge in [0.1, 0.15) is 11.9 Å². The van der Waals surface area contributed by atoms with E-state index in [2.05, 4.69) is 34.6 Å². The van der Waals surface area contributed by atoms with Gasteiger partial charge < -0.3 is 20.1 Å². The molecule has 2 amide bonds. The van der Waals surface area contributed by atoms with Crippen LogP contribution in [0.25, 0.3) is 16.6 Å². The van der Waals surface area contributed by atoms with Crippen molar-refractivity contribution in [3.63, 3.8) is 0 Å². The fraction of sp³-hybridized carbons (Fsp3) is 0.394. The number of carbonyl (C=O) groups excluding carboxylic acids is 2. The molecule has 0 bridgehead atoms. The van der Waals surface area contributed by atoms with Gasteiger partial charge in [0.25, 0.3) is 11.8 Å². The van der Waals surface area contributed by atoms with Gasteiger partial charge >= 0.3 is 5.92 Å². The van der Waals surface area contributed by atoms with Crippen LogP contribution in [0.5, 0.6) is 11.6 Å². The molecule has 2 aromatic heterocycles. The predicted octanol–water partition coefficient (Wildman–Crippen LogP) is 6.27. The minimum absolute atomic E-state index is 0.130. The molecule has 2 heterocycles. The van der Waals surface area contributed by atoms with Crippen molar-refractivity contribution >= 4 is 22.7 Å². The van der Waals surface area contributed by atoms with Crippen LogP contribution >= 0.6 is 0 Å². The fourth-order valence-electron chi connectivity index (χ4n) is 4.96. The Labute approximate surface area is 256 Å². The number of alkyl halides is 2.